The largest absolute Gasteiger partial charge is 0.493 e. The number of halogens is 1. The number of aryl methyl sites for hydroxylation is 2. The molecule has 36 heavy (non-hydrogen) atoms. The first-order valence-corrected chi connectivity index (χ1v) is 12.7. The third kappa shape index (κ3) is 3.18. The minimum atomic E-state index is -4.06. The third-order valence-corrected chi connectivity index (χ3v) is 8.02. The topological polar surface area (TPSA) is 74.9 Å². The van der Waals surface area contributed by atoms with Crippen LogP contribution in [0.3, 0.4) is 0 Å². The van der Waals surface area contributed by atoms with Gasteiger partial charge in [-0.3, -0.25) is 0 Å². The van der Waals surface area contributed by atoms with Gasteiger partial charge in [-0.2, -0.15) is 13.0 Å². The summed E-state index contributed by atoms with van der Waals surface area (Å²) in [6.07, 6.45) is 2.78. The van der Waals surface area contributed by atoms with Crippen LogP contribution in [0.15, 0.2) is 71.8 Å². The lowest BCUT2D eigenvalue weighted by molar-refractivity contribution is -0.670. The van der Waals surface area contributed by atoms with Gasteiger partial charge in [-0.25, -0.2) is 0 Å². The molecule has 0 bridgehead atoms. The molecule has 3 heterocycles. The lowest BCUT2D eigenvalue weighted by atomic mass is 9.93. The maximum atomic E-state index is 13.1. The third-order valence-electron chi connectivity index (χ3n) is 6.78. The van der Waals surface area contributed by atoms with Crippen molar-refractivity contribution in [3.8, 4) is 23.0 Å². The number of nitrogens with zero attached hydrogens (tertiary/aromatic N) is 1. The Hall–Kier alpha value is -3.75. The maximum Gasteiger partial charge on any atom is 0.339 e. The molecule has 0 fully saturated rings. The van der Waals surface area contributed by atoms with Gasteiger partial charge in [0.1, 0.15) is 4.90 Å². The van der Waals surface area contributed by atoms with Gasteiger partial charge in [-0.15, -0.1) is 12.4 Å². The fourth-order valence-electron chi connectivity index (χ4n) is 5.23. The molecule has 182 valence electrons. The van der Waals surface area contributed by atoms with Crippen molar-refractivity contribution in [1.29, 1.82) is 0 Å². The minimum absolute atomic E-state index is 0. The van der Waals surface area contributed by atoms with E-state index in [-0.39, 0.29) is 29.8 Å². The van der Waals surface area contributed by atoms with Crippen LogP contribution in [-0.4, -0.2) is 22.3 Å². The van der Waals surface area contributed by atoms with Crippen LogP contribution in [0.5, 0.6) is 23.0 Å². The molecule has 2 aliphatic heterocycles. The van der Waals surface area contributed by atoms with Gasteiger partial charge in [0.05, 0.1) is 23.3 Å². The summed E-state index contributed by atoms with van der Waals surface area (Å²) in [5, 5.41) is 4.70. The Morgan fingerprint density at radius 2 is 1.69 bits per heavy atom. The Kier molecular flexibility index (Phi) is 5.14. The molecule has 0 saturated carbocycles. The van der Waals surface area contributed by atoms with Crippen molar-refractivity contribution in [2.45, 2.75) is 17.9 Å². The van der Waals surface area contributed by atoms with Gasteiger partial charge in [0.2, 0.25) is 12.3 Å². The lowest BCUT2D eigenvalue weighted by Gasteiger charge is -2.18. The Morgan fingerprint density at radius 1 is 0.917 bits per heavy atom. The van der Waals surface area contributed by atoms with Crippen LogP contribution >= 0.6 is 12.4 Å². The Morgan fingerprint density at radius 3 is 2.50 bits per heavy atom. The molecule has 0 radical (unpaired) electrons. The fourth-order valence-corrected chi connectivity index (χ4v) is 6.20. The second-order valence-electron chi connectivity index (χ2n) is 8.63. The van der Waals surface area contributed by atoms with Gasteiger partial charge in [0.25, 0.3) is 0 Å². The SMILES string of the molecule is COc1ccc2c(c[n+]3c4c2ccc2c5c(cc(c24)CC3)OCO5)c1OS(=O)(=O)c1ccccc1.Cl. The van der Waals surface area contributed by atoms with Crippen LogP contribution in [0.2, 0.25) is 0 Å². The molecule has 5 aromatic rings. The van der Waals surface area contributed by atoms with E-state index in [9.17, 15) is 8.42 Å². The van der Waals surface area contributed by atoms with E-state index < -0.39 is 10.1 Å². The normalized spacial score (nSPS) is 13.8. The van der Waals surface area contributed by atoms with Gasteiger partial charge in [0.15, 0.2) is 35.7 Å². The standard InChI is InChI=1S/C27H20NO6S.ClH/c1-31-22-10-9-18-19-7-8-20-24-16(13-23-26(20)33-15-32-23)11-12-28(25(19)24)14-21(18)27(22)34-35(29,30)17-5-3-2-4-6-17;/h2-10,13-14H,11-12,15H2,1H3;1H/q+1;. The van der Waals surface area contributed by atoms with Crippen molar-refractivity contribution < 1.29 is 31.4 Å². The minimum Gasteiger partial charge on any atom is -0.493 e. The summed E-state index contributed by atoms with van der Waals surface area (Å²) in [7, 11) is -2.56. The summed E-state index contributed by atoms with van der Waals surface area (Å²) in [6.45, 7) is 0.959. The highest BCUT2D eigenvalue weighted by Crippen LogP contribution is 2.46. The molecule has 0 N–H and O–H groups in total. The van der Waals surface area contributed by atoms with Crippen molar-refractivity contribution in [3.63, 3.8) is 0 Å². The molecular weight excluding hydrogens is 502 g/mol. The highest BCUT2D eigenvalue weighted by molar-refractivity contribution is 7.87. The molecule has 0 aliphatic carbocycles. The zero-order valence-electron chi connectivity index (χ0n) is 19.2. The summed E-state index contributed by atoms with van der Waals surface area (Å²) in [6, 6.07) is 18.0. The molecule has 0 amide bonds. The number of methoxy groups -OCH3 is 1. The quantitative estimate of drug-likeness (QED) is 0.189. The highest BCUT2D eigenvalue weighted by Gasteiger charge is 2.31. The van der Waals surface area contributed by atoms with E-state index >= 15 is 0 Å². The van der Waals surface area contributed by atoms with Crippen LogP contribution in [0.25, 0.3) is 32.4 Å². The van der Waals surface area contributed by atoms with Crippen molar-refractivity contribution in [1.82, 2.24) is 0 Å². The average Bonchev–Trinajstić information content (AvgIpc) is 3.36. The molecule has 4 aromatic carbocycles. The molecule has 2 aliphatic rings. The molecular formula is C27H21ClNO6S+. The van der Waals surface area contributed by atoms with E-state index in [0.29, 0.717) is 11.1 Å². The molecule has 0 atom stereocenters. The van der Waals surface area contributed by atoms with Crippen molar-refractivity contribution in [2.75, 3.05) is 13.9 Å². The second kappa shape index (κ2) is 8.15. The van der Waals surface area contributed by atoms with E-state index in [1.165, 1.54) is 24.8 Å². The number of benzene rings is 4. The second-order valence-corrected chi connectivity index (χ2v) is 10.2. The Balaban J connectivity index is 0.00000240. The number of pyridine rings is 1. The van der Waals surface area contributed by atoms with Crippen molar-refractivity contribution in [2.24, 2.45) is 0 Å². The van der Waals surface area contributed by atoms with Gasteiger partial charge in [-0.05, 0) is 48.0 Å². The number of ether oxygens (including phenoxy) is 3. The van der Waals surface area contributed by atoms with Crippen LogP contribution in [0.1, 0.15) is 5.56 Å². The van der Waals surface area contributed by atoms with Crippen LogP contribution in [0, 0.1) is 0 Å². The van der Waals surface area contributed by atoms with Crippen LogP contribution in [-0.2, 0) is 23.1 Å². The zero-order valence-corrected chi connectivity index (χ0v) is 20.8. The highest BCUT2D eigenvalue weighted by atomic mass is 35.5. The lowest BCUT2D eigenvalue weighted by Crippen LogP contribution is -2.38. The predicted octanol–water partition coefficient (Wildman–Crippen LogP) is 4.92. The van der Waals surface area contributed by atoms with E-state index in [2.05, 4.69) is 22.8 Å². The van der Waals surface area contributed by atoms with Crippen LogP contribution < -0.4 is 23.0 Å². The zero-order chi connectivity index (χ0) is 23.7. The summed E-state index contributed by atoms with van der Waals surface area (Å²) >= 11 is 0. The maximum absolute atomic E-state index is 13.1. The fraction of sp³-hybridized carbons (Fsp3) is 0.148. The first-order valence-electron chi connectivity index (χ1n) is 11.3. The van der Waals surface area contributed by atoms with Crippen LogP contribution in [0.4, 0.5) is 0 Å². The first kappa shape index (κ1) is 22.7. The van der Waals surface area contributed by atoms with Gasteiger partial charge in [0, 0.05) is 17.2 Å². The summed E-state index contributed by atoms with van der Waals surface area (Å²) in [5.74, 6) is 2.08. The molecule has 0 unspecified atom stereocenters. The van der Waals surface area contributed by atoms with E-state index in [0.717, 1.165) is 51.5 Å². The number of rotatable bonds is 4. The first-order chi connectivity index (χ1) is 17.0. The summed E-state index contributed by atoms with van der Waals surface area (Å²) in [5.41, 5.74) is 2.29. The van der Waals surface area contributed by atoms with E-state index in [4.69, 9.17) is 18.4 Å². The van der Waals surface area contributed by atoms with Crippen molar-refractivity contribution >= 4 is 55.0 Å². The molecule has 7 nitrogen and oxygen atoms in total. The Bertz CT molecular complexity index is 1810. The van der Waals surface area contributed by atoms with Gasteiger partial charge < -0.3 is 18.4 Å². The Labute approximate surface area is 213 Å². The van der Waals surface area contributed by atoms with Gasteiger partial charge >= 0.3 is 10.1 Å². The molecule has 0 saturated heterocycles. The molecule has 1 aromatic heterocycles. The smallest absolute Gasteiger partial charge is 0.339 e. The predicted molar refractivity (Wildman–Crippen MR) is 137 cm³/mol. The van der Waals surface area contributed by atoms with Gasteiger partial charge in [-0.1, -0.05) is 18.2 Å². The number of fused-ring (bicyclic) bond motifs is 4. The molecule has 0 spiro atoms. The van der Waals surface area contributed by atoms with E-state index in [1.807, 2.05) is 12.3 Å². The monoisotopic (exact) mass is 522 g/mol. The number of aromatic nitrogens is 1. The van der Waals surface area contributed by atoms with E-state index in [1.54, 1.807) is 24.3 Å². The summed E-state index contributed by atoms with van der Waals surface area (Å²) < 4.78 is 51.1. The summed E-state index contributed by atoms with van der Waals surface area (Å²) in [4.78, 5) is 0.0838. The average molecular weight is 523 g/mol. The number of hydrogen-bond donors (Lipinski definition) is 0. The van der Waals surface area contributed by atoms with Crippen molar-refractivity contribution in [3.05, 3.63) is 72.4 Å². The molecule has 9 heteroatoms. The number of hydrogen-bond acceptors (Lipinski definition) is 6. The molecule has 7 rings (SSSR count).